The predicted octanol–water partition coefficient (Wildman–Crippen LogP) is 1.19. The lowest BCUT2D eigenvalue weighted by Crippen LogP contribution is -2.42. The highest BCUT2D eigenvalue weighted by Gasteiger charge is 2.38. The Bertz CT molecular complexity index is 370. The van der Waals surface area contributed by atoms with E-state index in [1.807, 2.05) is 18.7 Å². The molecule has 0 aromatic heterocycles. The van der Waals surface area contributed by atoms with Crippen molar-refractivity contribution < 1.29 is 38.1 Å². The number of aliphatic carboxylic acids is 2. The van der Waals surface area contributed by atoms with E-state index in [0.717, 1.165) is 19.4 Å². The van der Waals surface area contributed by atoms with Crippen LogP contribution in [0.15, 0.2) is 0 Å². The summed E-state index contributed by atoms with van der Waals surface area (Å²) in [6, 6.07) is -0.346. The first-order chi connectivity index (χ1) is 9.40. The maximum Gasteiger partial charge on any atom is 0.490 e. The molecule has 1 heterocycles. The molecule has 1 fully saturated rings. The molecule has 1 aliphatic rings. The molecule has 1 unspecified atom stereocenters. The average Bonchev–Trinajstić information content (AvgIpc) is 2.76. The van der Waals surface area contributed by atoms with Crippen molar-refractivity contribution in [3.8, 4) is 0 Å². The van der Waals surface area contributed by atoms with Gasteiger partial charge in [0, 0.05) is 18.6 Å². The van der Waals surface area contributed by atoms with Crippen LogP contribution in [0.3, 0.4) is 0 Å². The van der Waals surface area contributed by atoms with Gasteiger partial charge in [-0.25, -0.2) is 4.79 Å². The Hall–Kier alpha value is -1.35. The largest absolute Gasteiger partial charge is 0.490 e. The molecular weight excluding hydrogens is 295 g/mol. The van der Waals surface area contributed by atoms with E-state index in [1.165, 1.54) is 0 Å². The summed E-state index contributed by atoms with van der Waals surface area (Å²) >= 11 is 0. The fourth-order valence-corrected chi connectivity index (χ4v) is 1.89. The predicted molar refractivity (Wildman–Crippen MR) is 66.8 cm³/mol. The zero-order chi connectivity index (χ0) is 16.8. The number of nitrogens with zero attached hydrogens (tertiary/aromatic N) is 1. The Kier molecular flexibility index (Phi) is 7.11. The maximum atomic E-state index is 10.9. The van der Waals surface area contributed by atoms with Crippen LogP contribution in [0.5, 0.6) is 0 Å². The summed E-state index contributed by atoms with van der Waals surface area (Å²) < 4.78 is 31.7. The Morgan fingerprint density at radius 1 is 1.24 bits per heavy atom. The van der Waals surface area contributed by atoms with Gasteiger partial charge in [0.1, 0.15) is 6.04 Å². The SMILES string of the molecule is CC(C)(CO)CN1CCCC1C(=O)O.O=C(O)C(F)(F)F. The van der Waals surface area contributed by atoms with Crippen molar-refractivity contribution in [3.05, 3.63) is 0 Å². The van der Waals surface area contributed by atoms with Gasteiger partial charge in [0.15, 0.2) is 0 Å². The summed E-state index contributed by atoms with van der Waals surface area (Å²) in [6.07, 6.45) is -3.41. The van der Waals surface area contributed by atoms with Crippen molar-refractivity contribution in [2.45, 2.75) is 38.9 Å². The second-order valence-electron chi connectivity index (χ2n) is 5.59. The fraction of sp³-hybridized carbons (Fsp3) is 0.833. The number of aliphatic hydroxyl groups excluding tert-OH is 1. The molecule has 1 rings (SSSR count). The highest BCUT2D eigenvalue weighted by Crippen LogP contribution is 2.23. The molecule has 6 nitrogen and oxygen atoms in total. The summed E-state index contributed by atoms with van der Waals surface area (Å²) in [7, 11) is 0. The van der Waals surface area contributed by atoms with Gasteiger partial charge in [-0.3, -0.25) is 9.69 Å². The Morgan fingerprint density at radius 3 is 2.05 bits per heavy atom. The van der Waals surface area contributed by atoms with Gasteiger partial charge in [0.2, 0.25) is 0 Å². The first kappa shape index (κ1) is 19.7. The highest BCUT2D eigenvalue weighted by atomic mass is 19.4. The summed E-state index contributed by atoms with van der Waals surface area (Å²) in [5.41, 5.74) is -0.210. The highest BCUT2D eigenvalue weighted by molar-refractivity contribution is 5.73. The van der Waals surface area contributed by atoms with Gasteiger partial charge in [-0.2, -0.15) is 13.2 Å². The van der Waals surface area contributed by atoms with Gasteiger partial charge >= 0.3 is 18.1 Å². The molecule has 124 valence electrons. The number of halogens is 3. The smallest absolute Gasteiger partial charge is 0.480 e. The Labute approximate surface area is 120 Å². The monoisotopic (exact) mass is 315 g/mol. The third kappa shape index (κ3) is 7.28. The number of rotatable bonds is 4. The first-order valence-electron chi connectivity index (χ1n) is 6.28. The molecular formula is C12H20F3NO5. The molecule has 1 atom stereocenters. The standard InChI is InChI=1S/C10H19NO3.C2HF3O2/c1-10(2,7-12)6-11-5-3-4-8(11)9(13)14;3-2(4,5)1(6)7/h8,12H,3-7H2,1-2H3,(H,13,14);(H,6,7). The minimum atomic E-state index is -5.08. The van der Waals surface area contributed by atoms with Crippen LogP contribution in [-0.2, 0) is 9.59 Å². The van der Waals surface area contributed by atoms with E-state index in [-0.39, 0.29) is 18.1 Å². The minimum absolute atomic E-state index is 0.0931. The molecule has 3 N–H and O–H groups in total. The van der Waals surface area contributed by atoms with E-state index in [0.29, 0.717) is 6.54 Å². The van der Waals surface area contributed by atoms with Gasteiger partial charge in [-0.05, 0) is 19.4 Å². The van der Waals surface area contributed by atoms with Crippen LogP contribution in [-0.4, -0.2) is 64.1 Å². The molecule has 0 aromatic carbocycles. The number of hydrogen-bond acceptors (Lipinski definition) is 4. The Balaban J connectivity index is 0.000000486. The first-order valence-corrected chi connectivity index (χ1v) is 6.28. The molecule has 0 bridgehead atoms. The van der Waals surface area contributed by atoms with E-state index in [1.54, 1.807) is 0 Å². The number of aliphatic hydroxyl groups is 1. The summed E-state index contributed by atoms with van der Waals surface area (Å²) in [5.74, 6) is -3.50. The lowest BCUT2D eigenvalue weighted by Gasteiger charge is -2.30. The van der Waals surface area contributed by atoms with Gasteiger partial charge in [-0.1, -0.05) is 13.8 Å². The average molecular weight is 315 g/mol. The number of carbonyl (C=O) groups is 2. The molecule has 0 saturated carbocycles. The molecule has 0 radical (unpaired) electrons. The van der Waals surface area contributed by atoms with Gasteiger partial charge in [0.05, 0.1) is 0 Å². The second-order valence-corrected chi connectivity index (χ2v) is 5.59. The van der Waals surface area contributed by atoms with Crippen molar-refractivity contribution in [2.75, 3.05) is 19.7 Å². The summed E-state index contributed by atoms with van der Waals surface area (Å²) in [6.45, 7) is 5.48. The van der Waals surface area contributed by atoms with Crippen molar-refractivity contribution in [3.63, 3.8) is 0 Å². The zero-order valence-corrected chi connectivity index (χ0v) is 11.9. The fourth-order valence-electron chi connectivity index (χ4n) is 1.89. The number of carboxylic acid groups (broad SMARTS) is 2. The van der Waals surface area contributed by atoms with Crippen molar-refractivity contribution in [1.29, 1.82) is 0 Å². The quantitative estimate of drug-likeness (QED) is 0.721. The van der Waals surface area contributed by atoms with Crippen molar-refractivity contribution in [2.24, 2.45) is 5.41 Å². The van der Waals surface area contributed by atoms with Crippen LogP contribution in [0.4, 0.5) is 13.2 Å². The number of carboxylic acids is 2. The van der Waals surface area contributed by atoms with Crippen LogP contribution in [0.1, 0.15) is 26.7 Å². The van der Waals surface area contributed by atoms with Crippen molar-refractivity contribution in [1.82, 2.24) is 4.90 Å². The van der Waals surface area contributed by atoms with Crippen LogP contribution in [0.25, 0.3) is 0 Å². The number of likely N-dealkylation sites (tertiary alicyclic amines) is 1. The lowest BCUT2D eigenvalue weighted by molar-refractivity contribution is -0.192. The minimum Gasteiger partial charge on any atom is -0.480 e. The second kappa shape index (κ2) is 7.60. The topological polar surface area (TPSA) is 98.1 Å². The van der Waals surface area contributed by atoms with Crippen LogP contribution in [0.2, 0.25) is 0 Å². The molecule has 1 aliphatic heterocycles. The molecule has 0 spiro atoms. The van der Waals surface area contributed by atoms with Gasteiger partial charge in [0.25, 0.3) is 0 Å². The van der Waals surface area contributed by atoms with E-state index >= 15 is 0 Å². The van der Waals surface area contributed by atoms with E-state index in [2.05, 4.69) is 0 Å². The van der Waals surface area contributed by atoms with Crippen LogP contribution in [0, 0.1) is 5.41 Å². The van der Waals surface area contributed by atoms with E-state index < -0.39 is 18.1 Å². The molecule has 0 amide bonds. The molecule has 0 aliphatic carbocycles. The van der Waals surface area contributed by atoms with E-state index in [9.17, 15) is 18.0 Å². The van der Waals surface area contributed by atoms with Gasteiger partial charge < -0.3 is 15.3 Å². The number of hydrogen-bond donors (Lipinski definition) is 3. The van der Waals surface area contributed by atoms with Crippen LogP contribution < -0.4 is 0 Å². The molecule has 21 heavy (non-hydrogen) atoms. The summed E-state index contributed by atoms with van der Waals surface area (Å²) in [5, 5.41) is 25.2. The Morgan fingerprint density at radius 2 is 1.71 bits per heavy atom. The number of alkyl halides is 3. The zero-order valence-electron chi connectivity index (χ0n) is 11.9. The van der Waals surface area contributed by atoms with E-state index in [4.69, 9.17) is 20.1 Å². The maximum absolute atomic E-state index is 10.9. The third-order valence-corrected chi connectivity index (χ3v) is 2.95. The molecule has 1 saturated heterocycles. The third-order valence-electron chi connectivity index (χ3n) is 2.95. The normalized spacial score (nSPS) is 19.8. The van der Waals surface area contributed by atoms with Crippen LogP contribution >= 0.6 is 0 Å². The lowest BCUT2D eigenvalue weighted by atomic mass is 9.94. The molecule has 9 heteroatoms. The van der Waals surface area contributed by atoms with Gasteiger partial charge in [-0.15, -0.1) is 0 Å². The van der Waals surface area contributed by atoms with Crippen molar-refractivity contribution >= 4 is 11.9 Å². The summed E-state index contributed by atoms with van der Waals surface area (Å²) in [4.78, 5) is 21.7. The molecule has 0 aromatic rings.